The highest BCUT2D eigenvalue weighted by Gasteiger charge is 2.24. The summed E-state index contributed by atoms with van der Waals surface area (Å²) < 4.78 is 0. The van der Waals surface area contributed by atoms with Crippen LogP contribution in [-0.2, 0) is 0 Å². The van der Waals surface area contributed by atoms with E-state index in [1.807, 2.05) is 0 Å². The molecule has 0 aromatic rings. The number of aliphatic hydroxyl groups is 1. The van der Waals surface area contributed by atoms with Gasteiger partial charge >= 0.3 is 0 Å². The van der Waals surface area contributed by atoms with Gasteiger partial charge in [0.15, 0.2) is 0 Å². The van der Waals surface area contributed by atoms with Gasteiger partial charge in [0.2, 0.25) is 0 Å². The molecule has 0 bridgehead atoms. The number of nitrogens with two attached hydrogens (primary N) is 1. The van der Waals surface area contributed by atoms with Crippen molar-refractivity contribution in [1.82, 2.24) is 0 Å². The van der Waals surface area contributed by atoms with Gasteiger partial charge in [0.05, 0.1) is 0 Å². The molecule has 0 aliphatic rings. The molecule has 12 heavy (non-hydrogen) atoms. The fraction of sp³-hybridized carbons (Fsp3) is 1.00. The van der Waals surface area contributed by atoms with Crippen molar-refractivity contribution in [3.05, 3.63) is 0 Å². The molecule has 0 aromatic heterocycles. The minimum Gasteiger partial charge on any atom is -0.396 e. The lowest BCUT2D eigenvalue weighted by molar-refractivity contribution is 0.114. The fourth-order valence-electron chi connectivity index (χ4n) is 1.43. The number of aliphatic hydroxyl groups excluding tert-OH is 1. The highest BCUT2D eigenvalue weighted by Crippen LogP contribution is 2.26. The zero-order valence-electron chi connectivity index (χ0n) is 8.47. The SMILES string of the molecule is CCCCCC(CC)(CN)CO. The average molecular weight is 173 g/mol. The van der Waals surface area contributed by atoms with Crippen LogP contribution in [0.15, 0.2) is 0 Å². The van der Waals surface area contributed by atoms with Gasteiger partial charge < -0.3 is 10.8 Å². The van der Waals surface area contributed by atoms with Crippen LogP contribution < -0.4 is 5.73 Å². The largest absolute Gasteiger partial charge is 0.396 e. The zero-order chi connectivity index (χ0) is 9.45. The monoisotopic (exact) mass is 173 g/mol. The van der Waals surface area contributed by atoms with Crippen molar-refractivity contribution in [2.45, 2.75) is 46.0 Å². The maximum atomic E-state index is 9.20. The molecule has 0 rings (SSSR count). The molecule has 0 aliphatic carbocycles. The van der Waals surface area contributed by atoms with Crippen molar-refractivity contribution in [1.29, 1.82) is 0 Å². The zero-order valence-corrected chi connectivity index (χ0v) is 8.47. The molecule has 0 radical (unpaired) electrons. The Hall–Kier alpha value is -0.0800. The molecule has 0 aromatic carbocycles. The average Bonchev–Trinajstić information content (AvgIpc) is 2.14. The third-order valence-electron chi connectivity index (χ3n) is 2.83. The number of unbranched alkanes of at least 4 members (excludes halogenated alkanes) is 2. The summed E-state index contributed by atoms with van der Waals surface area (Å²) in [6.45, 7) is 5.15. The summed E-state index contributed by atoms with van der Waals surface area (Å²) in [6.07, 6.45) is 5.74. The van der Waals surface area contributed by atoms with Gasteiger partial charge in [0.1, 0.15) is 0 Å². The van der Waals surface area contributed by atoms with Gasteiger partial charge in [0.25, 0.3) is 0 Å². The quantitative estimate of drug-likeness (QED) is 0.578. The first-order valence-corrected chi connectivity index (χ1v) is 5.05. The van der Waals surface area contributed by atoms with Crippen LogP contribution in [0.2, 0.25) is 0 Å². The van der Waals surface area contributed by atoms with Crippen molar-refractivity contribution in [2.75, 3.05) is 13.2 Å². The van der Waals surface area contributed by atoms with E-state index >= 15 is 0 Å². The minimum atomic E-state index is 0.00910. The van der Waals surface area contributed by atoms with E-state index in [0.29, 0.717) is 6.54 Å². The van der Waals surface area contributed by atoms with E-state index in [-0.39, 0.29) is 12.0 Å². The number of hydrogen-bond donors (Lipinski definition) is 2. The molecule has 1 unspecified atom stereocenters. The molecule has 0 aliphatic heterocycles. The fourth-order valence-corrected chi connectivity index (χ4v) is 1.43. The van der Waals surface area contributed by atoms with Crippen LogP contribution in [0, 0.1) is 5.41 Å². The summed E-state index contributed by atoms with van der Waals surface area (Å²) in [5.74, 6) is 0. The molecule has 3 N–H and O–H groups in total. The summed E-state index contributed by atoms with van der Waals surface area (Å²) in [6, 6.07) is 0. The van der Waals surface area contributed by atoms with Crippen molar-refractivity contribution in [3.8, 4) is 0 Å². The standard InChI is InChI=1S/C10H23NO/c1-3-5-6-7-10(4-2,8-11)9-12/h12H,3-9,11H2,1-2H3. The molecule has 1 atom stereocenters. The van der Waals surface area contributed by atoms with Gasteiger partial charge in [-0.25, -0.2) is 0 Å². The van der Waals surface area contributed by atoms with E-state index in [1.165, 1.54) is 19.3 Å². The second-order valence-corrected chi connectivity index (χ2v) is 3.67. The lowest BCUT2D eigenvalue weighted by Crippen LogP contribution is -2.33. The van der Waals surface area contributed by atoms with Crippen molar-refractivity contribution >= 4 is 0 Å². The van der Waals surface area contributed by atoms with E-state index in [9.17, 15) is 5.11 Å². The van der Waals surface area contributed by atoms with Gasteiger partial charge in [-0.15, -0.1) is 0 Å². The third kappa shape index (κ3) is 3.55. The van der Waals surface area contributed by atoms with Crippen LogP contribution >= 0.6 is 0 Å². The molecule has 2 heteroatoms. The van der Waals surface area contributed by atoms with E-state index in [4.69, 9.17) is 5.73 Å². The second-order valence-electron chi connectivity index (χ2n) is 3.67. The van der Waals surface area contributed by atoms with Gasteiger partial charge in [-0.1, -0.05) is 33.1 Å². The predicted molar refractivity (Wildman–Crippen MR) is 53.0 cm³/mol. The maximum absolute atomic E-state index is 9.20. The topological polar surface area (TPSA) is 46.2 Å². The molecule has 0 spiro atoms. The number of hydrogen-bond acceptors (Lipinski definition) is 2. The summed E-state index contributed by atoms with van der Waals surface area (Å²) in [5, 5.41) is 9.20. The first kappa shape index (κ1) is 11.9. The Morgan fingerprint density at radius 2 is 1.92 bits per heavy atom. The summed E-state index contributed by atoms with van der Waals surface area (Å²) in [4.78, 5) is 0. The molecule has 0 saturated carbocycles. The van der Waals surface area contributed by atoms with Crippen LogP contribution in [0.5, 0.6) is 0 Å². The Morgan fingerprint density at radius 3 is 2.25 bits per heavy atom. The molecule has 0 amide bonds. The van der Waals surface area contributed by atoms with E-state index < -0.39 is 0 Å². The van der Waals surface area contributed by atoms with Crippen LogP contribution in [0.4, 0.5) is 0 Å². The maximum Gasteiger partial charge on any atom is 0.0499 e. The Balaban J connectivity index is 3.76. The lowest BCUT2D eigenvalue weighted by atomic mass is 9.81. The Kier molecular flexibility index (Phi) is 6.39. The second kappa shape index (κ2) is 6.44. The van der Waals surface area contributed by atoms with E-state index in [2.05, 4.69) is 13.8 Å². The molecule has 2 nitrogen and oxygen atoms in total. The van der Waals surface area contributed by atoms with Crippen LogP contribution in [0.3, 0.4) is 0 Å². The smallest absolute Gasteiger partial charge is 0.0499 e. The van der Waals surface area contributed by atoms with Gasteiger partial charge in [0, 0.05) is 18.6 Å². The third-order valence-corrected chi connectivity index (χ3v) is 2.83. The van der Waals surface area contributed by atoms with Gasteiger partial charge in [-0.3, -0.25) is 0 Å². The van der Waals surface area contributed by atoms with Crippen molar-refractivity contribution < 1.29 is 5.11 Å². The van der Waals surface area contributed by atoms with Crippen LogP contribution in [0.1, 0.15) is 46.0 Å². The van der Waals surface area contributed by atoms with E-state index in [0.717, 1.165) is 12.8 Å². The first-order chi connectivity index (χ1) is 5.74. The Labute approximate surface area is 76.2 Å². The minimum absolute atomic E-state index is 0.00910. The highest BCUT2D eigenvalue weighted by molar-refractivity contribution is 4.77. The van der Waals surface area contributed by atoms with Crippen molar-refractivity contribution in [3.63, 3.8) is 0 Å². The lowest BCUT2D eigenvalue weighted by Gasteiger charge is -2.28. The summed E-state index contributed by atoms with van der Waals surface area (Å²) >= 11 is 0. The molecule has 0 saturated heterocycles. The molecule has 0 fully saturated rings. The summed E-state index contributed by atoms with van der Waals surface area (Å²) in [5.41, 5.74) is 5.66. The summed E-state index contributed by atoms with van der Waals surface area (Å²) in [7, 11) is 0. The van der Waals surface area contributed by atoms with Crippen LogP contribution in [-0.4, -0.2) is 18.3 Å². The molecule has 0 heterocycles. The number of rotatable bonds is 7. The van der Waals surface area contributed by atoms with Gasteiger partial charge in [-0.2, -0.15) is 0 Å². The first-order valence-electron chi connectivity index (χ1n) is 5.05. The van der Waals surface area contributed by atoms with Crippen molar-refractivity contribution in [2.24, 2.45) is 11.1 Å². The molecular formula is C10H23NO. The highest BCUT2D eigenvalue weighted by atomic mass is 16.3. The molecular weight excluding hydrogens is 150 g/mol. The normalized spacial score (nSPS) is 16.0. The van der Waals surface area contributed by atoms with Crippen LogP contribution in [0.25, 0.3) is 0 Å². The van der Waals surface area contributed by atoms with Gasteiger partial charge in [-0.05, 0) is 12.8 Å². The molecule has 74 valence electrons. The van der Waals surface area contributed by atoms with E-state index in [1.54, 1.807) is 0 Å². The Morgan fingerprint density at radius 1 is 1.25 bits per heavy atom. The Bertz CT molecular complexity index is 91.7. The predicted octanol–water partition coefficient (Wildman–Crippen LogP) is 1.91.